The highest BCUT2D eigenvalue weighted by Crippen LogP contribution is 2.22. The molecule has 2 N–H and O–H groups in total. The standard InChI is InChI=1S/C23H18N4O/c1-2-16-8-10-21-19(14-16)22(27-26-21)11-9-18-15-24-13-12-20(18)25-23(28)17-6-4-3-5-7-17/h2-15H,1H2,(H,26,27)(H,24,25,28)/b11-9+. The van der Waals surface area contributed by atoms with E-state index in [2.05, 4.69) is 27.1 Å². The molecule has 2 aromatic heterocycles. The Hall–Kier alpha value is -3.99. The molecule has 0 saturated carbocycles. The summed E-state index contributed by atoms with van der Waals surface area (Å²) in [7, 11) is 0. The van der Waals surface area contributed by atoms with Crippen molar-refractivity contribution in [3.8, 4) is 0 Å². The van der Waals surface area contributed by atoms with Crippen LogP contribution in [-0.4, -0.2) is 21.1 Å². The van der Waals surface area contributed by atoms with Gasteiger partial charge in [0.25, 0.3) is 5.91 Å². The molecule has 0 atom stereocenters. The minimum absolute atomic E-state index is 0.165. The van der Waals surface area contributed by atoms with Gasteiger partial charge in [0, 0.05) is 28.9 Å². The van der Waals surface area contributed by atoms with Crippen LogP contribution in [0, 0.1) is 0 Å². The van der Waals surface area contributed by atoms with Gasteiger partial charge in [0.05, 0.1) is 16.9 Å². The summed E-state index contributed by atoms with van der Waals surface area (Å²) >= 11 is 0. The molecule has 5 nitrogen and oxygen atoms in total. The number of aromatic amines is 1. The van der Waals surface area contributed by atoms with Crippen molar-refractivity contribution in [2.24, 2.45) is 0 Å². The fourth-order valence-electron chi connectivity index (χ4n) is 2.91. The number of hydrogen-bond donors (Lipinski definition) is 2. The van der Waals surface area contributed by atoms with Gasteiger partial charge in [-0.25, -0.2) is 0 Å². The van der Waals surface area contributed by atoms with Crippen LogP contribution in [0.15, 0.2) is 73.6 Å². The van der Waals surface area contributed by atoms with Crippen molar-refractivity contribution in [3.05, 3.63) is 96.0 Å². The number of aromatic nitrogens is 3. The number of nitrogens with one attached hydrogen (secondary N) is 2. The third-order valence-electron chi connectivity index (χ3n) is 4.41. The molecule has 136 valence electrons. The normalized spacial score (nSPS) is 11.0. The summed E-state index contributed by atoms with van der Waals surface area (Å²) in [4.78, 5) is 16.6. The summed E-state index contributed by atoms with van der Waals surface area (Å²) in [5, 5.41) is 11.3. The first-order chi connectivity index (χ1) is 13.7. The maximum atomic E-state index is 12.5. The molecule has 2 heterocycles. The Labute approximate surface area is 162 Å². The van der Waals surface area contributed by atoms with Crippen LogP contribution in [0.3, 0.4) is 0 Å². The minimum atomic E-state index is -0.165. The second-order valence-electron chi connectivity index (χ2n) is 6.23. The molecule has 0 fully saturated rings. The predicted molar refractivity (Wildman–Crippen MR) is 114 cm³/mol. The van der Waals surface area contributed by atoms with Crippen LogP contribution < -0.4 is 5.32 Å². The zero-order chi connectivity index (χ0) is 19.3. The average Bonchev–Trinajstić information content (AvgIpc) is 3.15. The molecule has 0 radical (unpaired) electrons. The number of benzene rings is 2. The van der Waals surface area contributed by atoms with Crippen LogP contribution in [0.2, 0.25) is 0 Å². The Morgan fingerprint density at radius 1 is 1.07 bits per heavy atom. The quantitative estimate of drug-likeness (QED) is 0.521. The number of anilines is 1. The second kappa shape index (κ2) is 7.72. The fourth-order valence-corrected chi connectivity index (χ4v) is 2.91. The molecule has 0 unspecified atom stereocenters. The zero-order valence-electron chi connectivity index (χ0n) is 15.1. The highest BCUT2D eigenvalue weighted by molar-refractivity contribution is 6.05. The number of fused-ring (bicyclic) bond motifs is 1. The van der Waals surface area contributed by atoms with Crippen LogP contribution >= 0.6 is 0 Å². The first-order valence-electron chi connectivity index (χ1n) is 8.83. The third-order valence-corrected chi connectivity index (χ3v) is 4.41. The Morgan fingerprint density at radius 2 is 1.93 bits per heavy atom. The van der Waals surface area contributed by atoms with E-state index in [1.807, 2.05) is 48.6 Å². The number of hydrogen-bond acceptors (Lipinski definition) is 3. The van der Waals surface area contributed by atoms with Crippen molar-refractivity contribution < 1.29 is 4.79 Å². The number of carbonyl (C=O) groups is 1. The van der Waals surface area contributed by atoms with Gasteiger partial charge in [-0.3, -0.25) is 14.9 Å². The van der Waals surface area contributed by atoms with Crippen LogP contribution in [-0.2, 0) is 0 Å². The van der Waals surface area contributed by atoms with Crippen LogP contribution in [0.25, 0.3) is 29.1 Å². The average molecular weight is 366 g/mol. The van der Waals surface area contributed by atoms with Crippen molar-refractivity contribution in [2.45, 2.75) is 0 Å². The summed E-state index contributed by atoms with van der Waals surface area (Å²) in [5.41, 5.74) is 4.87. The number of carbonyl (C=O) groups excluding carboxylic acids is 1. The summed E-state index contributed by atoms with van der Waals surface area (Å²) in [6.07, 6.45) is 8.96. The Balaban J connectivity index is 1.62. The number of rotatable bonds is 5. The Kier molecular flexibility index (Phi) is 4.80. The highest BCUT2D eigenvalue weighted by atomic mass is 16.1. The first-order valence-corrected chi connectivity index (χ1v) is 8.83. The van der Waals surface area contributed by atoms with Crippen LogP contribution in [0.1, 0.15) is 27.2 Å². The number of pyridine rings is 1. The summed E-state index contributed by atoms with van der Waals surface area (Å²) in [5.74, 6) is -0.165. The van der Waals surface area contributed by atoms with Gasteiger partial charge in [-0.2, -0.15) is 5.10 Å². The van der Waals surface area contributed by atoms with Gasteiger partial charge in [-0.1, -0.05) is 36.9 Å². The SMILES string of the molecule is C=Cc1ccc2[nH]nc(/C=C/c3cnccc3NC(=O)c3ccccc3)c2c1. The monoisotopic (exact) mass is 366 g/mol. The minimum Gasteiger partial charge on any atom is -0.321 e. The van der Waals surface area contributed by atoms with Gasteiger partial charge >= 0.3 is 0 Å². The van der Waals surface area contributed by atoms with Gasteiger partial charge < -0.3 is 5.32 Å². The summed E-state index contributed by atoms with van der Waals surface area (Å²) < 4.78 is 0. The predicted octanol–water partition coefficient (Wildman–Crippen LogP) is 5.02. The van der Waals surface area contributed by atoms with Crippen LogP contribution in [0.4, 0.5) is 5.69 Å². The van der Waals surface area contributed by atoms with Crippen molar-refractivity contribution in [1.82, 2.24) is 15.2 Å². The van der Waals surface area contributed by atoms with Gasteiger partial charge in [-0.15, -0.1) is 0 Å². The number of nitrogens with zero attached hydrogens (tertiary/aromatic N) is 2. The Morgan fingerprint density at radius 3 is 2.75 bits per heavy atom. The largest absolute Gasteiger partial charge is 0.321 e. The van der Waals surface area contributed by atoms with E-state index < -0.39 is 0 Å². The van der Waals surface area contributed by atoms with Crippen molar-refractivity contribution in [1.29, 1.82) is 0 Å². The molecule has 4 aromatic rings. The van der Waals surface area contributed by atoms with Crippen molar-refractivity contribution in [2.75, 3.05) is 5.32 Å². The maximum absolute atomic E-state index is 12.5. The number of amides is 1. The lowest BCUT2D eigenvalue weighted by Gasteiger charge is -2.08. The maximum Gasteiger partial charge on any atom is 0.255 e. The molecule has 1 amide bonds. The summed E-state index contributed by atoms with van der Waals surface area (Å²) in [6, 6.07) is 16.9. The molecule has 0 spiro atoms. The second-order valence-corrected chi connectivity index (χ2v) is 6.23. The summed E-state index contributed by atoms with van der Waals surface area (Å²) in [6.45, 7) is 3.81. The molecule has 5 heteroatoms. The van der Waals surface area contributed by atoms with Crippen LogP contribution in [0.5, 0.6) is 0 Å². The lowest BCUT2D eigenvalue weighted by molar-refractivity contribution is 0.102. The molecule has 0 saturated heterocycles. The van der Waals surface area contributed by atoms with E-state index in [1.165, 1.54) is 0 Å². The van der Waals surface area contributed by atoms with Gasteiger partial charge in [0.1, 0.15) is 0 Å². The van der Waals surface area contributed by atoms with E-state index in [-0.39, 0.29) is 5.91 Å². The molecular weight excluding hydrogens is 348 g/mol. The molecule has 0 aliphatic carbocycles. The number of H-pyrrole nitrogens is 1. The van der Waals surface area contributed by atoms with E-state index in [1.54, 1.807) is 36.7 Å². The lowest BCUT2D eigenvalue weighted by Crippen LogP contribution is -2.12. The van der Waals surface area contributed by atoms with E-state index >= 15 is 0 Å². The van der Waals surface area contributed by atoms with E-state index in [4.69, 9.17) is 0 Å². The van der Waals surface area contributed by atoms with Gasteiger partial charge in [0.2, 0.25) is 0 Å². The van der Waals surface area contributed by atoms with E-state index in [0.29, 0.717) is 11.3 Å². The topological polar surface area (TPSA) is 70.7 Å². The molecule has 0 aliphatic rings. The molecule has 0 aliphatic heterocycles. The molecule has 0 bridgehead atoms. The van der Waals surface area contributed by atoms with Gasteiger partial charge in [0.15, 0.2) is 0 Å². The zero-order valence-corrected chi connectivity index (χ0v) is 15.1. The van der Waals surface area contributed by atoms with Crippen molar-refractivity contribution >= 4 is 40.7 Å². The lowest BCUT2D eigenvalue weighted by atomic mass is 10.1. The molecule has 4 rings (SSSR count). The third kappa shape index (κ3) is 3.59. The van der Waals surface area contributed by atoms with E-state index in [9.17, 15) is 4.79 Å². The molecule has 2 aromatic carbocycles. The molecular formula is C23H18N4O. The smallest absolute Gasteiger partial charge is 0.255 e. The highest BCUT2D eigenvalue weighted by Gasteiger charge is 2.08. The van der Waals surface area contributed by atoms with E-state index in [0.717, 1.165) is 27.7 Å². The Bertz CT molecular complexity index is 1180. The fraction of sp³-hybridized carbons (Fsp3) is 0. The first kappa shape index (κ1) is 17.4. The molecule has 28 heavy (non-hydrogen) atoms. The van der Waals surface area contributed by atoms with Gasteiger partial charge in [-0.05, 0) is 48.0 Å². The van der Waals surface area contributed by atoms with Crippen molar-refractivity contribution in [3.63, 3.8) is 0 Å².